The Morgan fingerprint density at radius 3 is 2.86 bits per heavy atom. The number of aromatic nitrogens is 1. The highest BCUT2D eigenvalue weighted by Gasteiger charge is 2.10. The third-order valence-corrected chi connectivity index (χ3v) is 3.80. The highest BCUT2D eigenvalue weighted by Crippen LogP contribution is 2.19. The normalized spacial score (nSPS) is 15.4. The Bertz CT molecular complexity index is 737. The summed E-state index contributed by atoms with van der Waals surface area (Å²) in [5.74, 6) is 6.57. The van der Waals surface area contributed by atoms with Gasteiger partial charge in [-0.3, -0.25) is 9.78 Å². The summed E-state index contributed by atoms with van der Waals surface area (Å²) in [6.45, 7) is 2.05. The zero-order valence-electron chi connectivity index (χ0n) is 11.7. The summed E-state index contributed by atoms with van der Waals surface area (Å²) in [6, 6.07) is 5.38. The first kappa shape index (κ1) is 13.6. The van der Waals surface area contributed by atoms with Gasteiger partial charge in [0, 0.05) is 34.6 Å². The second-order valence-corrected chi connectivity index (χ2v) is 5.28. The van der Waals surface area contributed by atoms with Crippen LogP contribution in [0, 0.1) is 17.8 Å². The van der Waals surface area contributed by atoms with Crippen LogP contribution in [-0.4, -0.2) is 24.0 Å². The van der Waals surface area contributed by atoms with E-state index in [0.717, 1.165) is 42.3 Å². The topological polar surface area (TPSA) is 68.0 Å². The van der Waals surface area contributed by atoms with Crippen LogP contribution in [0.1, 0.15) is 28.8 Å². The molecule has 3 rings (SSSR count). The Hall–Kier alpha value is -2.38. The zero-order chi connectivity index (χ0) is 14.7. The number of primary amides is 1. The molecule has 1 amide bonds. The minimum Gasteiger partial charge on any atom is -0.366 e. The van der Waals surface area contributed by atoms with E-state index in [2.05, 4.69) is 22.1 Å². The van der Waals surface area contributed by atoms with E-state index in [9.17, 15) is 4.79 Å². The van der Waals surface area contributed by atoms with E-state index >= 15 is 0 Å². The molecule has 0 bridgehead atoms. The fraction of sp³-hybridized carbons (Fsp3) is 0.294. The maximum absolute atomic E-state index is 11.3. The van der Waals surface area contributed by atoms with Crippen molar-refractivity contribution in [3.63, 3.8) is 0 Å². The van der Waals surface area contributed by atoms with Crippen molar-refractivity contribution < 1.29 is 4.79 Å². The van der Waals surface area contributed by atoms with E-state index in [1.54, 1.807) is 24.5 Å². The number of pyridine rings is 1. The average molecular weight is 279 g/mol. The highest BCUT2D eigenvalue weighted by atomic mass is 16.1. The fourth-order valence-electron chi connectivity index (χ4n) is 2.56. The quantitative estimate of drug-likeness (QED) is 0.780. The van der Waals surface area contributed by atoms with Gasteiger partial charge in [0.15, 0.2) is 0 Å². The van der Waals surface area contributed by atoms with E-state index in [4.69, 9.17) is 5.73 Å². The summed E-state index contributed by atoms with van der Waals surface area (Å²) < 4.78 is 0. The SMILES string of the molecule is NC(=O)c1ccc2cncc(C#CC3CCNCC3)c2c1. The third-order valence-electron chi connectivity index (χ3n) is 3.80. The summed E-state index contributed by atoms with van der Waals surface area (Å²) in [4.78, 5) is 15.5. The molecular formula is C17H17N3O. The molecule has 2 heterocycles. The lowest BCUT2D eigenvalue weighted by molar-refractivity contribution is 0.100. The van der Waals surface area contributed by atoms with Crippen LogP contribution in [0.5, 0.6) is 0 Å². The summed E-state index contributed by atoms with van der Waals surface area (Å²) in [5, 5.41) is 5.23. The number of hydrogen-bond donors (Lipinski definition) is 2. The second kappa shape index (κ2) is 5.94. The first-order valence-corrected chi connectivity index (χ1v) is 7.14. The molecule has 0 radical (unpaired) electrons. The van der Waals surface area contributed by atoms with Crippen molar-refractivity contribution in [1.29, 1.82) is 0 Å². The number of nitrogens with zero attached hydrogens (tertiary/aromatic N) is 1. The van der Waals surface area contributed by atoms with Crippen molar-refractivity contribution in [2.45, 2.75) is 12.8 Å². The largest absolute Gasteiger partial charge is 0.366 e. The van der Waals surface area contributed by atoms with Gasteiger partial charge in [0.05, 0.1) is 5.56 Å². The van der Waals surface area contributed by atoms with Gasteiger partial charge < -0.3 is 11.1 Å². The number of fused-ring (bicyclic) bond motifs is 1. The predicted octanol–water partition coefficient (Wildman–Crippen LogP) is 1.68. The Morgan fingerprint density at radius 2 is 2.10 bits per heavy atom. The molecule has 21 heavy (non-hydrogen) atoms. The summed E-state index contributed by atoms with van der Waals surface area (Å²) in [5.41, 5.74) is 6.70. The van der Waals surface area contributed by atoms with Crippen molar-refractivity contribution >= 4 is 16.7 Å². The molecule has 1 aliphatic heterocycles. The highest BCUT2D eigenvalue weighted by molar-refractivity contribution is 5.98. The number of carbonyl (C=O) groups is 1. The van der Waals surface area contributed by atoms with Crippen molar-refractivity contribution in [2.75, 3.05) is 13.1 Å². The maximum atomic E-state index is 11.3. The molecule has 1 aliphatic rings. The number of benzene rings is 1. The summed E-state index contributed by atoms with van der Waals surface area (Å²) in [6.07, 6.45) is 5.69. The first-order valence-electron chi connectivity index (χ1n) is 7.14. The number of amides is 1. The van der Waals surface area contributed by atoms with E-state index in [-0.39, 0.29) is 0 Å². The molecule has 4 nitrogen and oxygen atoms in total. The van der Waals surface area contributed by atoms with Gasteiger partial charge in [0.25, 0.3) is 0 Å². The Morgan fingerprint density at radius 1 is 1.29 bits per heavy atom. The van der Waals surface area contributed by atoms with E-state index in [0.29, 0.717) is 11.5 Å². The van der Waals surface area contributed by atoms with Crippen LogP contribution in [0.4, 0.5) is 0 Å². The van der Waals surface area contributed by atoms with Gasteiger partial charge in [-0.05, 0) is 38.1 Å². The van der Waals surface area contributed by atoms with Crippen LogP contribution in [0.25, 0.3) is 10.8 Å². The molecule has 0 atom stereocenters. The van der Waals surface area contributed by atoms with Gasteiger partial charge in [-0.25, -0.2) is 0 Å². The van der Waals surface area contributed by atoms with Crippen molar-refractivity contribution in [1.82, 2.24) is 10.3 Å². The Labute approximate surface area is 123 Å². The number of rotatable bonds is 1. The monoisotopic (exact) mass is 279 g/mol. The van der Waals surface area contributed by atoms with Crippen LogP contribution in [-0.2, 0) is 0 Å². The average Bonchev–Trinajstić information content (AvgIpc) is 2.53. The van der Waals surface area contributed by atoms with Crippen molar-refractivity contribution in [3.05, 3.63) is 41.7 Å². The molecule has 0 saturated carbocycles. The standard InChI is InChI=1S/C17H17N3O/c18-17(21)13-3-4-15-11-20-10-14(16(15)9-13)2-1-12-5-7-19-8-6-12/h3-4,9-12,19H,5-8H2,(H2,18,21). The van der Waals surface area contributed by atoms with Crippen LogP contribution in [0.3, 0.4) is 0 Å². The third kappa shape index (κ3) is 3.04. The van der Waals surface area contributed by atoms with Gasteiger partial charge in [-0.15, -0.1) is 0 Å². The lowest BCUT2D eigenvalue weighted by Crippen LogP contribution is -2.26. The molecule has 2 aromatic rings. The van der Waals surface area contributed by atoms with Crippen molar-refractivity contribution in [3.8, 4) is 11.8 Å². The second-order valence-electron chi connectivity index (χ2n) is 5.28. The molecular weight excluding hydrogens is 262 g/mol. The molecule has 3 N–H and O–H groups in total. The number of hydrogen-bond acceptors (Lipinski definition) is 3. The van der Waals surface area contributed by atoms with E-state index in [1.165, 1.54) is 0 Å². The lowest BCUT2D eigenvalue weighted by Gasteiger charge is -2.17. The molecule has 0 spiro atoms. The van der Waals surface area contributed by atoms with Gasteiger partial charge in [-0.2, -0.15) is 0 Å². The molecule has 106 valence electrons. The van der Waals surface area contributed by atoms with Gasteiger partial charge in [0.2, 0.25) is 5.91 Å². The lowest BCUT2D eigenvalue weighted by atomic mass is 9.98. The molecule has 1 saturated heterocycles. The summed E-state index contributed by atoms with van der Waals surface area (Å²) >= 11 is 0. The molecule has 4 heteroatoms. The zero-order valence-corrected chi connectivity index (χ0v) is 11.7. The van der Waals surface area contributed by atoms with Crippen LogP contribution >= 0.6 is 0 Å². The fourth-order valence-corrected chi connectivity index (χ4v) is 2.56. The minimum atomic E-state index is -0.425. The summed E-state index contributed by atoms with van der Waals surface area (Å²) in [7, 11) is 0. The minimum absolute atomic E-state index is 0.425. The molecule has 0 unspecified atom stereocenters. The number of nitrogens with one attached hydrogen (secondary N) is 1. The number of piperidine rings is 1. The maximum Gasteiger partial charge on any atom is 0.248 e. The van der Waals surface area contributed by atoms with Gasteiger partial charge in [0.1, 0.15) is 0 Å². The van der Waals surface area contributed by atoms with E-state index < -0.39 is 5.91 Å². The van der Waals surface area contributed by atoms with Crippen molar-refractivity contribution in [2.24, 2.45) is 11.7 Å². The smallest absolute Gasteiger partial charge is 0.248 e. The van der Waals surface area contributed by atoms with Gasteiger partial charge >= 0.3 is 0 Å². The number of carbonyl (C=O) groups excluding carboxylic acids is 1. The Kier molecular flexibility index (Phi) is 3.85. The van der Waals surface area contributed by atoms with Crippen LogP contribution in [0.2, 0.25) is 0 Å². The molecule has 0 aliphatic carbocycles. The first-order chi connectivity index (χ1) is 10.2. The van der Waals surface area contributed by atoms with E-state index in [1.807, 2.05) is 6.07 Å². The number of nitrogens with two attached hydrogens (primary N) is 1. The van der Waals surface area contributed by atoms with Crippen LogP contribution in [0.15, 0.2) is 30.6 Å². The van der Waals surface area contributed by atoms with Gasteiger partial charge in [-0.1, -0.05) is 17.9 Å². The predicted molar refractivity (Wildman–Crippen MR) is 82.7 cm³/mol. The Balaban J connectivity index is 1.99. The molecule has 1 aromatic carbocycles. The molecule has 1 fully saturated rings. The van der Waals surface area contributed by atoms with Crippen LogP contribution < -0.4 is 11.1 Å². The molecule has 1 aromatic heterocycles.